The zero-order valence-corrected chi connectivity index (χ0v) is 18.3. The third-order valence-corrected chi connectivity index (χ3v) is 5.56. The monoisotopic (exact) mass is 544 g/mol. The zero-order chi connectivity index (χ0) is 22.2. The summed E-state index contributed by atoms with van der Waals surface area (Å²) < 4.78 is 48.0. The molecule has 0 aliphatic rings. The summed E-state index contributed by atoms with van der Waals surface area (Å²) in [5.74, 6) is -1.11. The van der Waals surface area contributed by atoms with Gasteiger partial charge in [-0.1, -0.05) is 11.3 Å². The molecule has 0 unspecified atom stereocenters. The third kappa shape index (κ3) is 3.91. The second-order valence-corrected chi connectivity index (χ2v) is 8.01. The first-order chi connectivity index (χ1) is 15.5. The van der Waals surface area contributed by atoms with Crippen molar-refractivity contribution in [2.24, 2.45) is 0 Å². The predicted octanol–water partition coefficient (Wildman–Crippen LogP) is 6.30. The number of fused-ring (bicyclic) bond motifs is 1. The molecular weight excluding hydrogens is 532 g/mol. The molecule has 0 saturated carbocycles. The first-order valence-corrected chi connectivity index (χ1v) is 10.5. The molecule has 0 N–H and O–H groups in total. The molecule has 158 valence electrons. The van der Waals surface area contributed by atoms with Crippen LogP contribution in [0.3, 0.4) is 0 Å². The molecule has 5 aromatic rings. The average Bonchev–Trinajstić information content (AvgIpc) is 3.28. The summed E-state index contributed by atoms with van der Waals surface area (Å²) in [7, 11) is 0. The Balaban J connectivity index is 1.47. The van der Waals surface area contributed by atoms with E-state index >= 15 is 0 Å². The standard InChI is InChI=1S/C23H12F3IN4O/c24-16-7-4-13(10-18(16)26)31-12-22(29-30-31)21-9-6-15-20(28-21)2-1-3-23(15)32-14-5-8-17(25)19(27)11-14/h1-12H. The normalized spacial score (nSPS) is 11.1. The molecule has 32 heavy (non-hydrogen) atoms. The second-order valence-electron chi connectivity index (χ2n) is 6.84. The van der Waals surface area contributed by atoms with E-state index in [1.807, 2.05) is 34.7 Å². The minimum atomic E-state index is -0.966. The number of hydrogen-bond donors (Lipinski definition) is 0. The van der Waals surface area contributed by atoms with Crippen LogP contribution in [0.2, 0.25) is 0 Å². The number of aromatic nitrogens is 4. The Hall–Kier alpha value is -3.47. The van der Waals surface area contributed by atoms with Gasteiger partial charge in [-0.3, -0.25) is 0 Å². The minimum absolute atomic E-state index is 0.307. The largest absolute Gasteiger partial charge is 0.457 e. The van der Waals surface area contributed by atoms with Crippen LogP contribution in [0, 0.1) is 21.0 Å². The van der Waals surface area contributed by atoms with E-state index in [-0.39, 0.29) is 5.82 Å². The maximum absolute atomic E-state index is 13.5. The van der Waals surface area contributed by atoms with Crippen LogP contribution in [0.25, 0.3) is 28.0 Å². The molecule has 0 bridgehead atoms. The van der Waals surface area contributed by atoms with Crippen LogP contribution in [0.1, 0.15) is 0 Å². The topological polar surface area (TPSA) is 52.8 Å². The lowest BCUT2D eigenvalue weighted by molar-refractivity contribution is 0.485. The summed E-state index contributed by atoms with van der Waals surface area (Å²) in [6.07, 6.45) is 1.58. The van der Waals surface area contributed by atoms with E-state index in [2.05, 4.69) is 15.3 Å². The molecule has 0 saturated heterocycles. The molecule has 0 atom stereocenters. The highest BCUT2D eigenvalue weighted by Crippen LogP contribution is 2.31. The van der Waals surface area contributed by atoms with Gasteiger partial charge < -0.3 is 4.74 Å². The zero-order valence-electron chi connectivity index (χ0n) is 16.1. The molecule has 2 aromatic heterocycles. The van der Waals surface area contributed by atoms with Crippen LogP contribution < -0.4 is 4.74 Å². The Morgan fingerprint density at radius 1 is 0.812 bits per heavy atom. The number of ether oxygens (including phenoxy) is 1. The van der Waals surface area contributed by atoms with E-state index in [0.717, 1.165) is 17.5 Å². The highest BCUT2D eigenvalue weighted by molar-refractivity contribution is 14.1. The highest BCUT2D eigenvalue weighted by Gasteiger charge is 2.12. The van der Waals surface area contributed by atoms with Crippen molar-refractivity contribution in [3.8, 4) is 28.6 Å². The van der Waals surface area contributed by atoms with Gasteiger partial charge in [0.05, 0.1) is 26.7 Å². The number of rotatable bonds is 4. The summed E-state index contributed by atoms with van der Waals surface area (Å²) in [6, 6.07) is 17.1. The SMILES string of the molecule is Fc1ccc(-n2cc(-c3ccc4c(Oc5ccc(F)c(I)c5)cccc4n3)nn2)cc1F. The molecule has 3 aromatic carbocycles. The smallest absolute Gasteiger partial charge is 0.160 e. The number of pyridine rings is 1. The van der Waals surface area contributed by atoms with Gasteiger partial charge in [0.2, 0.25) is 0 Å². The quantitative estimate of drug-likeness (QED) is 0.250. The van der Waals surface area contributed by atoms with Gasteiger partial charge in [0, 0.05) is 11.5 Å². The molecule has 0 spiro atoms. The second kappa shape index (κ2) is 8.23. The van der Waals surface area contributed by atoms with Crippen LogP contribution in [-0.4, -0.2) is 20.0 Å². The van der Waals surface area contributed by atoms with Crippen molar-refractivity contribution < 1.29 is 17.9 Å². The van der Waals surface area contributed by atoms with Crippen molar-refractivity contribution in [1.29, 1.82) is 0 Å². The molecule has 2 heterocycles. The van der Waals surface area contributed by atoms with Crippen LogP contribution in [0.4, 0.5) is 13.2 Å². The minimum Gasteiger partial charge on any atom is -0.457 e. The number of benzene rings is 3. The fourth-order valence-corrected chi connectivity index (χ4v) is 3.65. The lowest BCUT2D eigenvalue weighted by Gasteiger charge is -2.10. The summed E-state index contributed by atoms with van der Waals surface area (Å²) in [5.41, 5.74) is 2.03. The number of halogens is 4. The van der Waals surface area contributed by atoms with Gasteiger partial charge in [-0.15, -0.1) is 5.10 Å². The van der Waals surface area contributed by atoms with E-state index in [1.54, 1.807) is 36.5 Å². The van der Waals surface area contributed by atoms with E-state index < -0.39 is 11.6 Å². The van der Waals surface area contributed by atoms with Crippen molar-refractivity contribution in [2.45, 2.75) is 0 Å². The summed E-state index contributed by atoms with van der Waals surface area (Å²) in [5, 5.41) is 8.85. The van der Waals surface area contributed by atoms with Crippen molar-refractivity contribution in [3.05, 3.63) is 93.9 Å². The van der Waals surface area contributed by atoms with Crippen LogP contribution in [-0.2, 0) is 0 Å². The molecule has 5 rings (SSSR count). The van der Waals surface area contributed by atoms with Crippen molar-refractivity contribution in [1.82, 2.24) is 20.0 Å². The summed E-state index contributed by atoms with van der Waals surface area (Å²) in [4.78, 5) is 4.63. The van der Waals surface area contributed by atoms with Gasteiger partial charge in [0.1, 0.15) is 23.0 Å². The third-order valence-electron chi connectivity index (χ3n) is 4.73. The van der Waals surface area contributed by atoms with Gasteiger partial charge in [0.25, 0.3) is 0 Å². The maximum Gasteiger partial charge on any atom is 0.160 e. The molecule has 0 aliphatic carbocycles. The van der Waals surface area contributed by atoms with Crippen LogP contribution in [0.15, 0.2) is 72.9 Å². The van der Waals surface area contributed by atoms with Crippen molar-refractivity contribution >= 4 is 33.5 Å². The Labute approximate surface area is 193 Å². The molecule has 0 aliphatic heterocycles. The lowest BCUT2D eigenvalue weighted by Crippen LogP contribution is -1.96. The average molecular weight is 544 g/mol. The van der Waals surface area contributed by atoms with Crippen molar-refractivity contribution in [3.63, 3.8) is 0 Å². The molecule has 0 amide bonds. The highest BCUT2D eigenvalue weighted by atomic mass is 127. The predicted molar refractivity (Wildman–Crippen MR) is 121 cm³/mol. The van der Waals surface area contributed by atoms with Crippen molar-refractivity contribution in [2.75, 3.05) is 0 Å². The van der Waals surface area contributed by atoms with E-state index in [9.17, 15) is 13.2 Å². The van der Waals surface area contributed by atoms with E-state index in [4.69, 9.17) is 4.74 Å². The Morgan fingerprint density at radius 3 is 2.47 bits per heavy atom. The lowest BCUT2D eigenvalue weighted by atomic mass is 10.1. The van der Waals surface area contributed by atoms with Gasteiger partial charge in [-0.2, -0.15) is 0 Å². The first kappa shape index (κ1) is 20.4. The molecule has 5 nitrogen and oxygen atoms in total. The molecular formula is C23H12F3IN4O. The number of nitrogens with zero attached hydrogens (tertiary/aromatic N) is 4. The van der Waals surface area contributed by atoms with E-state index in [0.29, 0.717) is 37.7 Å². The fraction of sp³-hybridized carbons (Fsp3) is 0. The Kier molecular flexibility index (Phi) is 5.25. The first-order valence-electron chi connectivity index (χ1n) is 9.39. The molecule has 9 heteroatoms. The maximum atomic E-state index is 13.5. The summed E-state index contributed by atoms with van der Waals surface area (Å²) >= 11 is 1.91. The Morgan fingerprint density at radius 2 is 1.66 bits per heavy atom. The summed E-state index contributed by atoms with van der Waals surface area (Å²) in [6.45, 7) is 0. The van der Waals surface area contributed by atoms with Crippen LogP contribution >= 0.6 is 22.6 Å². The van der Waals surface area contributed by atoms with Gasteiger partial charge in [-0.25, -0.2) is 22.8 Å². The van der Waals surface area contributed by atoms with Gasteiger partial charge in [-0.05, 0) is 77.2 Å². The van der Waals surface area contributed by atoms with Gasteiger partial charge >= 0.3 is 0 Å². The molecule has 0 fully saturated rings. The molecule has 0 radical (unpaired) electrons. The van der Waals surface area contributed by atoms with E-state index in [1.165, 1.54) is 16.8 Å². The van der Waals surface area contributed by atoms with Crippen LogP contribution in [0.5, 0.6) is 11.5 Å². The number of hydrogen-bond acceptors (Lipinski definition) is 4. The fourth-order valence-electron chi connectivity index (χ4n) is 3.16. The Bertz CT molecular complexity index is 1470. The van der Waals surface area contributed by atoms with Gasteiger partial charge in [0.15, 0.2) is 11.6 Å².